The maximum absolute atomic E-state index is 13.7. The van der Waals surface area contributed by atoms with E-state index in [0.717, 1.165) is 12.5 Å². The summed E-state index contributed by atoms with van der Waals surface area (Å²) in [5, 5.41) is 12.6. The molecule has 4 rings (SSSR count). The van der Waals surface area contributed by atoms with Crippen LogP contribution in [0.1, 0.15) is 48.2 Å². The number of anilines is 1. The normalized spacial score (nSPS) is 17.8. The van der Waals surface area contributed by atoms with E-state index >= 15 is 0 Å². The summed E-state index contributed by atoms with van der Waals surface area (Å²) in [4.78, 5) is 16.1. The van der Waals surface area contributed by atoms with Gasteiger partial charge in [0.2, 0.25) is 16.0 Å². The zero-order valence-corrected chi connectivity index (χ0v) is 22.2. The van der Waals surface area contributed by atoms with Crippen LogP contribution in [0.5, 0.6) is 0 Å². The number of unbranched alkanes of at least 4 members (excludes halogenated alkanes) is 1. The second kappa shape index (κ2) is 11.2. The Bertz CT molecular complexity index is 1540. The highest BCUT2D eigenvalue weighted by Crippen LogP contribution is 2.34. The van der Waals surface area contributed by atoms with Crippen LogP contribution in [-0.2, 0) is 22.7 Å². The van der Waals surface area contributed by atoms with Crippen LogP contribution >= 0.6 is 0 Å². The van der Waals surface area contributed by atoms with Crippen molar-refractivity contribution >= 4 is 33.0 Å². The second-order valence-electron chi connectivity index (χ2n) is 9.39. The van der Waals surface area contributed by atoms with E-state index in [0.29, 0.717) is 24.0 Å². The number of nitrogens with zero attached hydrogens (tertiary/aromatic N) is 2. The third kappa shape index (κ3) is 6.34. The van der Waals surface area contributed by atoms with Gasteiger partial charge in [-0.15, -0.1) is 0 Å². The number of allylic oxidation sites excluding steroid dienone is 1. The fraction of sp³-hybridized carbons (Fsp3) is 0.333. The monoisotopic (exact) mass is 562 g/mol. The number of hydrogen-bond acceptors (Lipinski definition) is 5. The van der Waals surface area contributed by atoms with Crippen molar-refractivity contribution in [2.75, 3.05) is 11.9 Å². The number of carbonyl (C=O) groups is 1. The maximum atomic E-state index is 13.7. The molecule has 2 atom stereocenters. The van der Waals surface area contributed by atoms with Gasteiger partial charge in [0.15, 0.2) is 0 Å². The summed E-state index contributed by atoms with van der Waals surface area (Å²) >= 11 is 0. The first kappa shape index (κ1) is 28.4. The minimum absolute atomic E-state index is 0.00585. The smallest absolute Gasteiger partial charge is 0.416 e. The van der Waals surface area contributed by atoms with E-state index in [1.165, 1.54) is 42.5 Å². The molecule has 0 fully saturated rings. The third-order valence-electron chi connectivity index (χ3n) is 6.54. The standard InChI is InChI=1S/C27H29F3N4O4S/c1-3-4-13-31-39(37,38)20-10-11-22(17(2)14-20)32-26-33-23-15-18(25(35)36)9-12-24(23)34(26)16-19-7-5-6-8-21(19)27(28,29)30/h5-12,14-15,17,22,31H,3-4,13,16H2,1-2H3,(H,32,33)(H,35,36). The number of halogens is 3. The summed E-state index contributed by atoms with van der Waals surface area (Å²) in [7, 11) is -3.67. The zero-order chi connectivity index (χ0) is 28.4. The highest BCUT2D eigenvalue weighted by atomic mass is 32.2. The minimum Gasteiger partial charge on any atom is -0.478 e. The van der Waals surface area contributed by atoms with Gasteiger partial charge in [-0.3, -0.25) is 0 Å². The van der Waals surface area contributed by atoms with Crippen LogP contribution in [0, 0.1) is 5.92 Å². The van der Waals surface area contributed by atoms with Crippen LogP contribution in [0.15, 0.2) is 65.6 Å². The van der Waals surface area contributed by atoms with E-state index in [2.05, 4.69) is 15.0 Å². The average Bonchev–Trinajstić information content (AvgIpc) is 3.21. The molecule has 1 aliphatic carbocycles. The van der Waals surface area contributed by atoms with Gasteiger partial charge in [0, 0.05) is 6.54 Å². The molecule has 1 aromatic heterocycles. The number of imidazole rings is 1. The molecule has 3 aromatic rings. The Kier molecular flexibility index (Phi) is 8.17. The van der Waals surface area contributed by atoms with Gasteiger partial charge in [0.25, 0.3) is 0 Å². The first-order valence-corrected chi connectivity index (χ1v) is 13.9. The van der Waals surface area contributed by atoms with Gasteiger partial charge in [-0.1, -0.05) is 50.6 Å². The lowest BCUT2D eigenvalue weighted by molar-refractivity contribution is -0.138. The van der Waals surface area contributed by atoms with Gasteiger partial charge in [-0.25, -0.2) is 22.9 Å². The molecule has 8 nitrogen and oxygen atoms in total. The zero-order valence-electron chi connectivity index (χ0n) is 21.4. The Labute approximate surface area is 224 Å². The van der Waals surface area contributed by atoms with Crippen LogP contribution in [-0.4, -0.2) is 41.6 Å². The first-order chi connectivity index (χ1) is 18.4. The van der Waals surface area contributed by atoms with Crippen LogP contribution in [0.2, 0.25) is 0 Å². The topological polar surface area (TPSA) is 113 Å². The summed E-state index contributed by atoms with van der Waals surface area (Å²) < 4.78 is 70.6. The maximum Gasteiger partial charge on any atom is 0.416 e. The molecule has 2 aromatic carbocycles. The Morgan fingerprint density at radius 3 is 2.59 bits per heavy atom. The number of hydrogen-bond donors (Lipinski definition) is 3. The molecule has 0 bridgehead atoms. The Morgan fingerprint density at radius 1 is 1.18 bits per heavy atom. The highest BCUT2D eigenvalue weighted by Gasteiger charge is 2.33. The molecular weight excluding hydrogens is 533 g/mol. The molecule has 1 heterocycles. The molecule has 0 aliphatic heterocycles. The van der Waals surface area contributed by atoms with E-state index in [1.54, 1.807) is 16.7 Å². The van der Waals surface area contributed by atoms with Gasteiger partial charge >= 0.3 is 12.1 Å². The molecule has 39 heavy (non-hydrogen) atoms. The molecule has 0 spiro atoms. The average molecular weight is 563 g/mol. The van der Waals surface area contributed by atoms with Crippen molar-refractivity contribution in [2.24, 2.45) is 5.92 Å². The summed E-state index contributed by atoms with van der Waals surface area (Å²) in [6.07, 6.45) is 1.78. The second-order valence-corrected chi connectivity index (χ2v) is 11.2. The lowest BCUT2D eigenvalue weighted by atomic mass is 9.97. The highest BCUT2D eigenvalue weighted by molar-refractivity contribution is 7.93. The summed E-state index contributed by atoms with van der Waals surface area (Å²) in [6.45, 7) is 3.94. The molecule has 0 saturated carbocycles. The number of benzene rings is 2. The van der Waals surface area contributed by atoms with Crippen molar-refractivity contribution < 1.29 is 31.5 Å². The number of sulfonamides is 1. The fourth-order valence-electron chi connectivity index (χ4n) is 4.40. The van der Waals surface area contributed by atoms with Gasteiger partial charge < -0.3 is 15.0 Å². The van der Waals surface area contributed by atoms with Gasteiger partial charge in [-0.05, 0) is 48.2 Å². The van der Waals surface area contributed by atoms with Crippen LogP contribution in [0.25, 0.3) is 11.0 Å². The van der Waals surface area contributed by atoms with Crippen molar-refractivity contribution in [1.82, 2.24) is 14.3 Å². The van der Waals surface area contributed by atoms with Crippen molar-refractivity contribution in [3.8, 4) is 0 Å². The Morgan fingerprint density at radius 2 is 1.92 bits per heavy atom. The van der Waals surface area contributed by atoms with Crippen LogP contribution in [0.3, 0.4) is 0 Å². The van der Waals surface area contributed by atoms with Crippen molar-refractivity contribution in [3.63, 3.8) is 0 Å². The molecular formula is C27H29F3N4O4S. The van der Waals surface area contributed by atoms with Crippen molar-refractivity contribution in [3.05, 3.63) is 82.3 Å². The Hall–Kier alpha value is -3.64. The SMILES string of the molecule is CCCCNS(=O)(=O)C1=CC(C)C(Nc2nc3cc(C(=O)O)ccc3n2Cc2ccccc2C(F)(F)F)C=C1. The number of carboxylic acids is 1. The van der Waals surface area contributed by atoms with E-state index in [4.69, 9.17) is 0 Å². The minimum atomic E-state index is -4.56. The number of carboxylic acid groups (broad SMARTS) is 1. The van der Waals surface area contributed by atoms with Crippen LogP contribution < -0.4 is 10.0 Å². The number of nitrogens with one attached hydrogen (secondary N) is 2. The van der Waals surface area contributed by atoms with Gasteiger partial charge in [-0.2, -0.15) is 13.2 Å². The number of fused-ring (bicyclic) bond motifs is 1. The molecule has 2 unspecified atom stereocenters. The van der Waals surface area contributed by atoms with E-state index in [1.807, 2.05) is 13.8 Å². The van der Waals surface area contributed by atoms with Crippen molar-refractivity contribution in [1.29, 1.82) is 0 Å². The molecule has 208 valence electrons. The van der Waals surface area contributed by atoms with Gasteiger partial charge in [0.05, 0.1) is 39.7 Å². The summed E-state index contributed by atoms with van der Waals surface area (Å²) in [5.41, 5.74) is -0.0136. The number of rotatable bonds is 10. The predicted molar refractivity (Wildman–Crippen MR) is 143 cm³/mol. The largest absolute Gasteiger partial charge is 0.478 e. The predicted octanol–water partition coefficient (Wildman–Crippen LogP) is 5.39. The molecule has 12 heteroatoms. The van der Waals surface area contributed by atoms with Crippen LogP contribution in [0.4, 0.5) is 19.1 Å². The number of alkyl halides is 3. The van der Waals surface area contributed by atoms with E-state index in [-0.39, 0.29) is 34.4 Å². The van der Waals surface area contributed by atoms with Crippen molar-refractivity contribution in [2.45, 2.75) is 45.5 Å². The lowest BCUT2D eigenvalue weighted by Crippen LogP contribution is -2.31. The number of aromatic nitrogens is 2. The Balaban J connectivity index is 1.69. The molecule has 0 amide bonds. The van der Waals surface area contributed by atoms with E-state index in [9.17, 15) is 31.5 Å². The third-order valence-corrected chi connectivity index (χ3v) is 8.01. The quantitative estimate of drug-likeness (QED) is 0.286. The number of aromatic carboxylic acids is 1. The molecule has 3 N–H and O–H groups in total. The van der Waals surface area contributed by atoms with E-state index < -0.39 is 33.8 Å². The van der Waals surface area contributed by atoms with Gasteiger partial charge in [0.1, 0.15) is 0 Å². The molecule has 1 aliphatic rings. The lowest BCUT2D eigenvalue weighted by Gasteiger charge is -2.25. The first-order valence-electron chi connectivity index (χ1n) is 12.5. The molecule has 0 radical (unpaired) electrons. The summed E-state index contributed by atoms with van der Waals surface area (Å²) in [6, 6.07) is 9.06. The molecule has 0 saturated heterocycles. The summed E-state index contributed by atoms with van der Waals surface area (Å²) in [5.74, 6) is -1.23. The fourth-order valence-corrected chi connectivity index (χ4v) is 5.64.